The van der Waals surface area contributed by atoms with Gasteiger partial charge in [-0.1, -0.05) is 40.5 Å². The molecule has 0 aromatic carbocycles. The molecule has 0 aliphatic heterocycles. The van der Waals surface area contributed by atoms with E-state index in [4.69, 9.17) is 0 Å². The summed E-state index contributed by atoms with van der Waals surface area (Å²) in [6, 6.07) is 0.604. The molecule has 1 aliphatic rings. The molecule has 0 amide bonds. The molecule has 0 spiro atoms. The van der Waals surface area contributed by atoms with E-state index in [1.54, 1.807) is 0 Å². The smallest absolute Gasteiger partial charge is 0.0690 e. The van der Waals surface area contributed by atoms with Gasteiger partial charge in [0.15, 0.2) is 0 Å². The number of aliphatic hydroxyl groups is 1. The van der Waals surface area contributed by atoms with Crippen molar-refractivity contribution in [3.05, 3.63) is 0 Å². The molecule has 4 unspecified atom stereocenters. The SMILES string of the molecule is CCC(C)C(O)CNC1C(C)CCCC1C. The Hall–Kier alpha value is -0.0800. The number of aliphatic hydroxyl groups excluding tert-OH is 1. The van der Waals surface area contributed by atoms with Gasteiger partial charge in [0, 0.05) is 12.6 Å². The third kappa shape index (κ3) is 3.74. The molecule has 1 fully saturated rings. The zero-order valence-electron chi connectivity index (χ0n) is 11.4. The molecule has 16 heavy (non-hydrogen) atoms. The predicted molar refractivity (Wildman–Crippen MR) is 69.4 cm³/mol. The van der Waals surface area contributed by atoms with Gasteiger partial charge in [-0.25, -0.2) is 0 Å². The first-order valence-electron chi connectivity index (χ1n) is 6.97. The minimum Gasteiger partial charge on any atom is -0.392 e. The first kappa shape index (κ1) is 14.0. The van der Waals surface area contributed by atoms with Gasteiger partial charge < -0.3 is 10.4 Å². The molecule has 96 valence electrons. The van der Waals surface area contributed by atoms with Crippen LogP contribution >= 0.6 is 0 Å². The van der Waals surface area contributed by atoms with Gasteiger partial charge in [-0.05, 0) is 30.6 Å². The van der Waals surface area contributed by atoms with Gasteiger partial charge >= 0.3 is 0 Å². The van der Waals surface area contributed by atoms with E-state index in [2.05, 4.69) is 33.0 Å². The number of rotatable bonds is 5. The average molecular weight is 227 g/mol. The molecule has 0 radical (unpaired) electrons. The molecule has 2 nitrogen and oxygen atoms in total. The third-order valence-corrected chi connectivity index (χ3v) is 4.41. The topological polar surface area (TPSA) is 32.3 Å². The lowest BCUT2D eigenvalue weighted by Gasteiger charge is -2.36. The maximum Gasteiger partial charge on any atom is 0.0690 e. The van der Waals surface area contributed by atoms with Gasteiger partial charge in [0.05, 0.1) is 6.10 Å². The van der Waals surface area contributed by atoms with Crippen molar-refractivity contribution in [1.29, 1.82) is 0 Å². The lowest BCUT2D eigenvalue weighted by molar-refractivity contribution is 0.0965. The Kier molecular flexibility index (Phi) is 5.77. The fraction of sp³-hybridized carbons (Fsp3) is 1.00. The lowest BCUT2D eigenvalue weighted by atomic mass is 9.78. The summed E-state index contributed by atoms with van der Waals surface area (Å²) in [6.07, 6.45) is 4.90. The van der Waals surface area contributed by atoms with E-state index in [-0.39, 0.29) is 6.10 Å². The van der Waals surface area contributed by atoms with Crippen LogP contribution in [-0.2, 0) is 0 Å². The molecule has 0 saturated heterocycles. The second kappa shape index (κ2) is 6.61. The zero-order chi connectivity index (χ0) is 12.1. The maximum absolute atomic E-state index is 9.96. The van der Waals surface area contributed by atoms with E-state index in [9.17, 15) is 5.11 Å². The highest BCUT2D eigenvalue weighted by molar-refractivity contribution is 4.84. The van der Waals surface area contributed by atoms with E-state index in [0.717, 1.165) is 24.8 Å². The van der Waals surface area contributed by atoms with E-state index < -0.39 is 0 Å². The van der Waals surface area contributed by atoms with E-state index in [1.165, 1.54) is 19.3 Å². The van der Waals surface area contributed by atoms with E-state index >= 15 is 0 Å². The summed E-state index contributed by atoms with van der Waals surface area (Å²) in [5, 5.41) is 13.5. The molecule has 1 saturated carbocycles. The minimum absolute atomic E-state index is 0.189. The summed E-state index contributed by atoms with van der Waals surface area (Å²) >= 11 is 0. The molecule has 1 aliphatic carbocycles. The highest BCUT2D eigenvalue weighted by atomic mass is 16.3. The van der Waals surface area contributed by atoms with Gasteiger partial charge in [0.25, 0.3) is 0 Å². The van der Waals surface area contributed by atoms with Crippen LogP contribution in [-0.4, -0.2) is 23.8 Å². The maximum atomic E-state index is 9.96. The molecule has 0 aromatic heterocycles. The summed E-state index contributed by atoms with van der Waals surface area (Å²) in [5.74, 6) is 1.92. The van der Waals surface area contributed by atoms with Crippen LogP contribution < -0.4 is 5.32 Å². The van der Waals surface area contributed by atoms with Crippen LogP contribution in [0.15, 0.2) is 0 Å². The zero-order valence-corrected chi connectivity index (χ0v) is 11.4. The normalized spacial score (nSPS) is 34.7. The number of hydrogen-bond donors (Lipinski definition) is 2. The highest BCUT2D eigenvalue weighted by Crippen LogP contribution is 2.28. The van der Waals surface area contributed by atoms with Crippen LogP contribution in [0.25, 0.3) is 0 Å². The Balaban J connectivity index is 2.35. The van der Waals surface area contributed by atoms with Crippen LogP contribution in [0.2, 0.25) is 0 Å². The molecule has 0 heterocycles. The van der Waals surface area contributed by atoms with Gasteiger partial charge in [-0.3, -0.25) is 0 Å². The minimum atomic E-state index is -0.189. The van der Waals surface area contributed by atoms with Crippen molar-refractivity contribution in [1.82, 2.24) is 5.32 Å². The first-order valence-corrected chi connectivity index (χ1v) is 6.97. The van der Waals surface area contributed by atoms with Crippen LogP contribution in [0.3, 0.4) is 0 Å². The molecule has 1 rings (SSSR count). The Morgan fingerprint density at radius 1 is 1.25 bits per heavy atom. The molecular weight excluding hydrogens is 198 g/mol. The first-order chi connectivity index (χ1) is 7.56. The Morgan fingerprint density at radius 2 is 1.81 bits per heavy atom. The van der Waals surface area contributed by atoms with Crippen molar-refractivity contribution in [2.24, 2.45) is 17.8 Å². The fourth-order valence-corrected chi connectivity index (χ4v) is 2.81. The predicted octanol–water partition coefficient (Wildman–Crippen LogP) is 2.81. The van der Waals surface area contributed by atoms with Crippen molar-refractivity contribution >= 4 is 0 Å². The van der Waals surface area contributed by atoms with E-state index in [1.807, 2.05) is 0 Å². The highest BCUT2D eigenvalue weighted by Gasteiger charge is 2.27. The summed E-state index contributed by atoms with van der Waals surface area (Å²) in [6.45, 7) is 9.69. The lowest BCUT2D eigenvalue weighted by Crippen LogP contribution is -2.46. The summed E-state index contributed by atoms with van der Waals surface area (Å²) < 4.78 is 0. The van der Waals surface area contributed by atoms with Crippen LogP contribution in [0, 0.1) is 17.8 Å². The van der Waals surface area contributed by atoms with Crippen molar-refractivity contribution in [2.45, 2.75) is 65.5 Å². The van der Waals surface area contributed by atoms with Crippen molar-refractivity contribution in [3.8, 4) is 0 Å². The largest absolute Gasteiger partial charge is 0.392 e. The third-order valence-electron chi connectivity index (χ3n) is 4.41. The van der Waals surface area contributed by atoms with Crippen molar-refractivity contribution in [2.75, 3.05) is 6.54 Å². The Morgan fingerprint density at radius 3 is 2.31 bits per heavy atom. The van der Waals surface area contributed by atoms with Gasteiger partial charge in [0.1, 0.15) is 0 Å². The van der Waals surface area contributed by atoms with Gasteiger partial charge in [-0.15, -0.1) is 0 Å². The summed E-state index contributed by atoms with van der Waals surface area (Å²) in [4.78, 5) is 0. The van der Waals surface area contributed by atoms with E-state index in [0.29, 0.717) is 12.0 Å². The number of nitrogens with one attached hydrogen (secondary N) is 1. The van der Waals surface area contributed by atoms with Gasteiger partial charge in [-0.2, -0.15) is 0 Å². The number of hydrogen-bond acceptors (Lipinski definition) is 2. The van der Waals surface area contributed by atoms with Crippen molar-refractivity contribution in [3.63, 3.8) is 0 Å². The monoisotopic (exact) mass is 227 g/mol. The molecule has 2 N–H and O–H groups in total. The van der Waals surface area contributed by atoms with Crippen LogP contribution in [0.5, 0.6) is 0 Å². The second-order valence-corrected chi connectivity index (χ2v) is 5.77. The van der Waals surface area contributed by atoms with Crippen LogP contribution in [0.4, 0.5) is 0 Å². The fourth-order valence-electron chi connectivity index (χ4n) is 2.81. The molecule has 2 heteroatoms. The Labute approximate surface area is 101 Å². The van der Waals surface area contributed by atoms with Gasteiger partial charge in [0.2, 0.25) is 0 Å². The molecule has 4 atom stereocenters. The molecule has 0 aromatic rings. The average Bonchev–Trinajstić information content (AvgIpc) is 2.27. The molecule has 0 bridgehead atoms. The summed E-state index contributed by atoms with van der Waals surface area (Å²) in [5.41, 5.74) is 0. The van der Waals surface area contributed by atoms with Crippen LogP contribution in [0.1, 0.15) is 53.4 Å². The van der Waals surface area contributed by atoms with Crippen molar-refractivity contribution < 1.29 is 5.11 Å². The quantitative estimate of drug-likeness (QED) is 0.757. The molecular formula is C14H29NO. The summed E-state index contributed by atoms with van der Waals surface area (Å²) in [7, 11) is 0. The second-order valence-electron chi connectivity index (χ2n) is 5.77. The Bertz CT molecular complexity index is 185. The standard InChI is InChI=1S/C14H29NO/c1-5-10(2)13(16)9-15-14-11(3)7-6-8-12(14)4/h10-16H,5-9H2,1-4H3.